The van der Waals surface area contributed by atoms with Crippen molar-refractivity contribution < 1.29 is 17.9 Å². The van der Waals surface area contributed by atoms with Gasteiger partial charge in [-0.25, -0.2) is 13.1 Å². The summed E-state index contributed by atoms with van der Waals surface area (Å²) in [6, 6.07) is 14.6. The van der Waals surface area contributed by atoms with Crippen molar-refractivity contribution in [1.82, 2.24) is 4.72 Å². The molecule has 0 aliphatic heterocycles. The van der Waals surface area contributed by atoms with Crippen LogP contribution in [0.15, 0.2) is 64.5 Å². The van der Waals surface area contributed by atoms with Gasteiger partial charge in [0.05, 0.1) is 10.8 Å². The zero-order valence-electron chi connectivity index (χ0n) is 17.5. The smallest absolute Gasteiger partial charge is 0.315 e. The Kier molecular flexibility index (Phi) is 7.74. The predicted octanol–water partition coefficient (Wildman–Crippen LogP) is 2.30. The number of nitriles is 1. The fourth-order valence-corrected chi connectivity index (χ4v) is 3.74. The fraction of sp³-hybridized carbons (Fsp3) is 0.286. The number of carbonyl (C=O) groups is 1. The number of hydrogen-bond acceptors (Lipinski definition) is 6. The highest BCUT2D eigenvalue weighted by atomic mass is 32.2. The molecule has 0 spiro atoms. The summed E-state index contributed by atoms with van der Waals surface area (Å²) in [6.45, 7) is 5.06. The van der Waals surface area contributed by atoms with E-state index in [1.807, 2.05) is 0 Å². The average molecular weight is 444 g/mol. The first-order valence-electron chi connectivity index (χ1n) is 9.38. The molecule has 1 atom stereocenters. The van der Waals surface area contributed by atoms with E-state index in [4.69, 9.17) is 15.7 Å². The topological polar surface area (TPSA) is 147 Å². The molecule has 0 aliphatic carbocycles. The summed E-state index contributed by atoms with van der Waals surface area (Å²) in [5, 5.41) is 11.2. The van der Waals surface area contributed by atoms with Crippen LogP contribution in [0.3, 0.4) is 0 Å². The summed E-state index contributed by atoms with van der Waals surface area (Å²) in [5.41, 5.74) is 5.78. The monoisotopic (exact) mass is 443 g/mol. The van der Waals surface area contributed by atoms with Crippen molar-refractivity contribution in [3.05, 3.63) is 60.2 Å². The number of esters is 1. The summed E-state index contributed by atoms with van der Waals surface area (Å²) in [4.78, 5) is 16.0. The van der Waals surface area contributed by atoms with Crippen LogP contribution in [0, 0.1) is 11.5 Å². The molecule has 0 amide bonds. The highest BCUT2D eigenvalue weighted by molar-refractivity contribution is 7.89. The van der Waals surface area contributed by atoms with E-state index in [0.29, 0.717) is 11.3 Å². The third-order valence-electron chi connectivity index (χ3n) is 3.96. The van der Waals surface area contributed by atoms with Crippen molar-refractivity contribution >= 4 is 27.6 Å². The van der Waals surface area contributed by atoms with Gasteiger partial charge in [0.25, 0.3) is 0 Å². The number of carbonyl (C=O) groups excluding carboxylic acids is 1. The second-order valence-corrected chi connectivity index (χ2v) is 9.37. The van der Waals surface area contributed by atoms with Crippen molar-refractivity contribution in [2.75, 3.05) is 11.9 Å². The zero-order valence-corrected chi connectivity index (χ0v) is 18.3. The molecule has 0 saturated heterocycles. The lowest BCUT2D eigenvalue weighted by Gasteiger charge is -2.24. The Bertz CT molecular complexity index is 1090. The van der Waals surface area contributed by atoms with E-state index in [-0.39, 0.29) is 17.4 Å². The average Bonchev–Trinajstić information content (AvgIpc) is 2.68. The molecule has 4 N–H and O–H groups in total. The van der Waals surface area contributed by atoms with E-state index >= 15 is 0 Å². The van der Waals surface area contributed by atoms with Crippen molar-refractivity contribution in [2.24, 2.45) is 10.7 Å². The molecular formula is C21H25N5O4S. The van der Waals surface area contributed by atoms with Crippen molar-refractivity contribution in [3.63, 3.8) is 0 Å². The molecule has 2 aromatic carbocycles. The number of aliphatic imine (C=N–C) groups is 1. The Balaban J connectivity index is 2.23. The number of nitrogens with zero attached hydrogens (tertiary/aromatic N) is 2. The van der Waals surface area contributed by atoms with Gasteiger partial charge in [0.15, 0.2) is 0 Å². The number of rotatable bonds is 7. The van der Waals surface area contributed by atoms with Gasteiger partial charge in [-0.1, -0.05) is 36.4 Å². The quantitative estimate of drug-likeness (QED) is 0.257. The van der Waals surface area contributed by atoms with E-state index in [1.54, 1.807) is 57.2 Å². The molecule has 0 fully saturated rings. The molecule has 2 rings (SSSR count). The van der Waals surface area contributed by atoms with Gasteiger partial charge in [-0.3, -0.25) is 4.79 Å². The maximum Gasteiger partial charge on any atom is 0.315 e. The first kappa shape index (κ1) is 23.9. The SMILES string of the molecule is CC(C)(C)OC(=O)C(CNS(=O)(=O)c1cccc(NC(N)=NC#N)c1)c1ccccc1. The number of benzene rings is 2. The Morgan fingerprint density at radius 3 is 2.48 bits per heavy atom. The van der Waals surface area contributed by atoms with Crippen LogP contribution >= 0.6 is 0 Å². The molecule has 0 saturated carbocycles. The maximum absolute atomic E-state index is 12.8. The van der Waals surface area contributed by atoms with Crippen LogP contribution in [0.4, 0.5) is 5.69 Å². The van der Waals surface area contributed by atoms with E-state index in [0.717, 1.165) is 0 Å². The van der Waals surface area contributed by atoms with Crippen LogP contribution in [0.5, 0.6) is 0 Å². The molecule has 0 aliphatic rings. The largest absolute Gasteiger partial charge is 0.459 e. The second-order valence-electron chi connectivity index (χ2n) is 7.60. The molecule has 1 unspecified atom stereocenters. The number of anilines is 1. The Hall–Kier alpha value is -3.42. The van der Waals surface area contributed by atoms with E-state index in [2.05, 4.69) is 15.0 Å². The number of guanidine groups is 1. The minimum atomic E-state index is -3.95. The van der Waals surface area contributed by atoms with E-state index in [1.165, 1.54) is 24.4 Å². The highest BCUT2D eigenvalue weighted by Gasteiger charge is 2.28. The minimum Gasteiger partial charge on any atom is -0.459 e. The molecule has 0 radical (unpaired) electrons. The fourth-order valence-electron chi connectivity index (χ4n) is 2.64. The molecule has 10 heteroatoms. The van der Waals surface area contributed by atoms with E-state index < -0.39 is 27.5 Å². The van der Waals surface area contributed by atoms with Crippen LogP contribution < -0.4 is 15.8 Å². The third kappa shape index (κ3) is 7.40. The van der Waals surface area contributed by atoms with Crippen LogP contribution in [0.1, 0.15) is 32.3 Å². The van der Waals surface area contributed by atoms with Gasteiger partial charge in [0, 0.05) is 12.2 Å². The van der Waals surface area contributed by atoms with Gasteiger partial charge < -0.3 is 15.8 Å². The van der Waals surface area contributed by atoms with Crippen LogP contribution in [-0.4, -0.2) is 32.5 Å². The van der Waals surface area contributed by atoms with Gasteiger partial charge in [-0.2, -0.15) is 5.26 Å². The summed E-state index contributed by atoms with van der Waals surface area (Å²) in [7, 11) is -3.95. The number of ether oxygens (including phenoxy) is 1. The predicted molar refractivity (Wildman–Crippen MR) is 118 cm³/mol. The van der Waals surface area contributed by atoms with Crippen molar-refractivity contribution in [3.8, 4) is 6.19 Å². The Morgan fingerprint density at radius 2 is 1.87 bits per heavy atom. The lowest BCUT2D eigenvalue weighted by molar-refractivity contribution is -0.156. The first-order chi connectivity index (χ1) is 14.5. The van der Waals surface area contributed by atoms with Crippen LogP contribution in [0.2, 0.25) is 0 Å². The van der Waals surface area contributed by atoms with Gasteiger partial charge in [0.2, 0.25) is 22.2 Å². The van der Waals surface area contributed by atoms with Crippen LogP contribution in [-0.2, 0) is 19.6 Å². The lowest BCUT2D eigenvalue weighted by Crippen LogP contribution is -2.35. The number of sulfonamides is 1. The number of nitrogens with one attached hydrogen (secondary N) is 2. The zero-order chi connectivity index (χ0) is 23.1. The molecular weight excluding hydrogens is 418 g/mol. The highest BCUT2D eigenvalue weighted by Crippen LogP contribution is 2.22. The molecule has 0 heterocycles. The van der Waals surface area contributed by atoms with Crippen molar-refractivity contribution in [2.45, 2.75) is 37.2 Å². The Labute approximate surface area is 182 Å². The minimum absolute atomic E-state index is 0.0433. The maximum atomic E-state index is 12.8. The van der Waals surface area contributed by atoms with Gasteiger partial charge in [-0.05, 0) is 44.5 Å². The lowest BCUT2D eigenvalue weighted by atomic mass is 9.99. The summed E-state index contributed by atoms with van der Waals surface area (Å²) < 4.78 is 33.6. The normalized spacial score (nSPS) is 13.2. The second kappa shape index (κ2) is 10.1. The summed E-state index contributed by atoms with van der Waals surface area (Å²) in [5.74, 6) is -1.52. The molecule has 0 bridgehead atoms. The van der Waals surface area contributed by atoms with Gasteiger partial charge >= 0.3 is 5.97 Å². The molecule has 31 heavy (non-hydrogen) atoms. The first-order valence-corrected chi connectivity index (χ1v) is 10.9. The van der Waals surface area contributed by atoms with Gasteiger partial charge in [-0.15, -0.1) is 4.99 Å². The molecule has 9 nitrogen and oxygen atoms in total. The standard InChI is InChI=1S/C21H25N5O4S/c1-21(2,3)30-19(27)18(15-8-5-4-6-9-15)13-25-31(28,29)17-11-7-10-16(12-17)26-20(23)24-14-22/h4-12,18,25H,13H2,1-3H3,(H3,23,24,26). The Morgan fingerprint density at radius 1 is 1.19 bits per heavy atom. The van der Waals surface area contributed by atoms with E-state index in [9.17, 15) is 13.2 Å². The van der Waals surface area contributed by atoms with Crippen molar-refractivity contribution in [1.29, 1.82) is 5.26 Å². The van der Waals surface area contributed by atoms with Crippen LogP contribution in [0.25, 0.3) is 0 Å². The third-order valence-corrected chi connectivity index (χ3v) is 5.38. The molecule has 0 aromatic heterocycles. The molecule has 2 aromatic rings. The summed E-state index contributed by atoms with van der Waals surface area (Å²) in [6.07, 6.45) is 1.53. The summed E-state index contributed by atoms with van der Waals surface area (Å²) >= 11 is 0. The number of nitrogens with two attached hydrogens (primary N) is 1. The number of hydrogen-bond donors (Lipinski definition) is 3. The van der Waals surface area contributed by atoms with Gasteiger partial charge in [0.1, 0.15) is 5.60 Å². The molecule has 164 valence electrons.